The van der Waals surface area contributed by atoms with Crippen LogP contribution in [0.5, 0.6) is 0 Å². The molecule has 1 N–H and O–H groups in total. The van der Waals surface area contributed by atoms with E-state index in [0.717, 1.165) is 23.5 Å². The Morgan fingerprint density at radius 1 is 1.03 bits per heavy atom. The number of nitrogens with zero attached hydrogens (tertiary/aromatic N) is 2. The Hall–Kier alpha value is -3.09. The van der Waals surface area contributed by atoms with Crippen LogP contribution >= 0.6 is 0 Å². The van der Waals surface area contributed by atoms with Crippen molar-refractivity contribution in [1.29, 1.82) is 0 Å². The summed E-state index contributed by atoms with van der Waals surface area (Å²) in [7, 11) is 4.02. The third-order valence-corrected chi connectivity index (χ3v) is 5.67. The van der Waals surface area contributed by atoms with E-state index >= 15 is 0 Å². The number of anilines is 2. The molecular weight excluding hydrogens is 400 g/mol. The summed E-state index contributed by atoms with van der Waals surface area (Å²) in [5.74, 6) is 0.546. The van der Waals surface area contributed by atoms with Crippen molar-refractivity contribution in [3.05, 3.63) is 53.6 Å². The maximum Gasteiger partial charge on any atom is 0.483 e. The van der Waals surface area contributed by atoms with Crippen LogP contribution in [-0.4, -0.2) is 32.0 Å². The van der Waals surface area contributed by atoms with Crippen LogP contribution in [0.15, 0.2) is 47.5 Å². The predicted molar refractivity (Wildman–Crippen MR) is 120 cm³/mol. The molecule has 0 saturated heterocycles. The number of carbonyl (C=O) groups excluding carboxylic acids is 2. The second kappa shape index (κ2) is 10.3. The van der Waals surface area contributed by atoms with Crippen molar-refractivity contribution in [2.24, 2.45) is 10.9 Å². The minimum absolute atomic E-state index is 0.0897. The Morgan fingerprint density at radius 3 is 2.29 bits per heavy atom. The van der Waals surface area contributed by atoms with Crippen LogP contribution in [0.4, 0.5) is 30.6 Å². The number of hydrogen-bond donors (Lipinski definition) is 1. The Morgan fingerprint density at radius 2 is 1.68 bits per heavy atom. The Balaban J connectivity index is 0.000000628. The molecule has 1 aliphatic carbocycles. The number of halogens is 2. The smallest absolute Gasteiger partial charge is 0.376 e. The largest absolute Gasteiger partial charge is 0.483 e. The zero-order valence-electron chi connectivity index (χ0n) is 17.8. The van der Waals surface area contributed by atoms with Gasteiger partial charge in [0.05, 0.1) is 17.1 Å². The van der Waals surface area contributed by atoms with Gasteiger partial charge in [0.2, 0.25) is 0 Å². The van der Waals surface area contributed by atoms with Gasteiger partial charge in [0.25, 0.3) is 5.91 Å². The second-order valence-electron chi connectivity index (χ2n) is 8.05. The van der Waals surface area contributed by atoms with Crippen LogP contribution < -0.4 is 10.2 Å². The second-order valence-corrected chi connectivity index (χ2v) is 8.05. The standard InChI is InChI=1S/C23H27N3O.CF2O/c1-26(2)22-14-18-13-19(16-9-5-3-6-10-16)24-20(18)15-21(22)25-23(27)17-11-7-4-8-12-17;2-1(3)4/h4,7-8,11-12,14-16H,3,5-6,9-10,13H2,1-2H3,(H,25,27);. The van der Waals surface area contributed by atoms with Gasteiger partial charge in [-0.15, -0.1) is 8.78 Å². The molecule has 0 spiro atoms. The summed E-state index contributed by atoms with van der Waals surface area (Å²) in [6.07, 6.45) is 4.66. The Bertz CT molecular complexity index is 964. The normalized spacial score (nSPS) is 15.3. The van der Waals surface area contributed by atoms with Gasteiger partial charge in [-0.25, -0.2) is 4.79 Å². The summed E-state index contributed by atoms with van der Waals surface area (Å²) < 4.78 is 19.4. The molecule has 1 amide bonds. The molecule has 1 saturated carbocycles. The van der Waals surface area contributed by atoms with Crippen LogP contribution in [0.3, 0.4) is 0 Å². The zero-order valence-corrected chi connectivity index (χ0v) is 17.8. The van der Waals surface area contributed by atoms with Gasteiger partial charge >= 0.3 is 6.29 Å². The van der Waals surface area contributed by atoms with Gasteiger partial charge in [-0.1, -0.05) is 37.5 Å². The quantitative estimate of drug-likeness (QED) is 0.586. The van der Waals surface area contributed by atoms with E-state index in [1.807, 2.05) is 50.5 Å². The van der Waals surface area contributed by atoms with Crippen molar-refractivity contribution in [3.63, 3.8) is 0 Å². The minimum Gasteiger partial charge on any atom is -0.376 e. The van der Waals surface area contributed by atoms with E-state index in [1.54, 1.807) is 0 Å². The molecule has 5 nitrogen and oxygen atoms in total. The Labute approximate surface area is 181 Å². The molecule has 1 aliphatic heterocycles. The monoisotopic (exact) mass is 427 g/mol. The van der Waals surface area contributed by atoms with Gasteiger partial charge in [-0.05, 0) is 48.6 Å². The van der Waals surface area contributed by atoms with Crippen molar-refractivity contribution in [3.8, 4) is 0 Å². The first kappa shape index (κ1) is 22.6. The molecular formula is C24H27F2N3O2. The third kappa shape index (κ3) is 5.96. The van der Waals surface area contributed by atoms with Gasteiger partial charge < -0.3 is 10.2 Å². The molecule has 4 rings (SSSR count). The van der Waals surface area contributed by atoms with E-state index < -0.39 is 6.29 Å². The number of rotatable bonds is 4. The molecule has 0 bridgehead atoms. The van der Waals surface area contributed by atoms with E-state index in [9.17, 15) is 13.6 Å². The van der Waals surface area contributed by atoms with E-state index in [2.05, 4.69) is 16.3 Å². The molecule has 164 valence electrons. The zero-order chi connectivity index (χ0) is 22.4. The molecule has 0 radical (unpaired) electrons. The van der Waals surface area contributed by atoms with E-state index in [4.69, 9.17) is 9.79 Å². The fourth-order valence-electron chi connectivity index (χ4n) is 4.18. The maximum atomic E-state index is 12.6. The van der Waals surface area contributed by atoms with Crippen LogP contribution in [-0.2, 0) is 6.42 Å². The van der Waals surface area contributed by atoms with Crippen LogP contribution in [0.2, 0.25) is 0 Å². The van der Waals surface area contributed by atoms with Crippen molar-refractivity contribution >= 4 is 35.0 Å². The maximum absolute atomic E-state index is 12.6. The highest BCUT2D eigenvalue weighted by molar-refractivity contribution is 6.07. The van der Waals surface area contributed by atoms with Gasteiger partial charge in [0, 0.05) is 31.8 Å². The molecule has 31 heavy (non-hydrogen) atoms. The first-order valence-corrected chi connectivity index (χ1v) is 10.5. The average molecular weight is 427 g/mol. The summed E-state index contributed by atoms with van der Waals surface area (Å²) in [5.41, 5.74) is 6.14. The van der Waals surface area contributed by atoms with E-state index in [1.165, 1.54) is 43.4 Å². The molecule has 0 atom stereocenters. The van der Waals surface area contributed by atoms with Crippen molar-refractivity contribution in [1.82, 2.24) is 0 Å². The van der Waals surface area contributed by atoms with Gasteiger partial charge in [0.15, 0.2) is 0 Å². The first-order chi connectivity index (χ1) is 14.8. The lowest BCUT2D eigenvalue weighted by molar-refractivity contribution is 0.102. The third-order valence-electron chi connectivity index (χ3n) is 5.67. The highest BCUT2D eigenvalue weighted by Gasteiger charge is 2.26. The van der Waals surface area contributed by atoms with E-state index in [-0.39, 0.29) is 5.91 Å². The van der Waals surface area contributed by atoms with E-state index in [0.29, 0.717) is 11.5 Å². The number of amides is 1. The predicted octanol–water partition coefficient (Wildman–Crippen LogP) is 6.26. The van der Waals surface area contributed by atoms with Crippen molar-refractivity contribution in [2.75, 3.05) is 24.3 Å². The molecule has 2 aromatic rings. The van der Waals surface area contributed by atoms with Crippen LogP contribution in [0, 0.1) is 5.92 Å². The SMILES string of the molecule is CN(C)c1cc2c(cc1NC(=O)c1ccccc1)N=C(C1CCCCC1)C2.O=C(F)F. The summed E-state index contributed by atoms with van der Waals surface area (Å²) in [6.45, 7) is 0. The highest BCUT2D eigenvalue weighted by Crippen LogP contribution is 2.39. The summed E-state index contributed by atoms with van der Waals surface area (Å²) in [4.78, 5) is 27.8. The number of carbonyl (C=O) groups is 2. The number of benzene rings is 2. The minimum atomic E-state index is -2.83. The van der Waals surface area contributed by atoms with Crippen molar-refractivity contribution < 1.29 is 18.4 Å². The lowest BCUT2D eigenvalue weighted by Crippen LogP contribution is -2.18. The molecule has 7 heteroatoms. The molecule has 2 aromatic carbocycles. The first-order valence-electron chi connectivity index (χ1n) is 10.5. The summed E-state index contributed by atoms with van der Waals surface area (Å²) in [6, 6.07) is 13.6. The van der Waals surface area contributed by atoms with Crippen molar-refractivity contribution in [2.45, 2.75) is 38.5 Å². The summed E-state index contributed by atoms with van der Waals surface area (Å²) >= 11 is 0. The fourth-order valence-corrected chi connectivity index (χ4v) is 4.18. The van der Waals surface area contributed by atoms with Gasteiger partial charge in [0.1, 0.15) is 0 Å². The molecule has 1 heterocycles. The van der Waals surface area contributed by atoms with Gasteiger partial charge in [-0.2, -0.15) is 0 Å². The molecule has 0 aromatic heterocycles. The Kier molecular flexibility index (Phi) is 7.50. The fraction of sp³-hybridized carbons (Fsp3) is 0.375. The number of nitrogens with one attached hydrogen (secondary N) is 1. The number of aliphatic imine (C=N–C) groups is 1. The highest BCUT2D eigenvalue weighted by atomic mass is 19.3. The average Bonchev–Trinajstić information content (AvgIpc) is 3.17. The van der Waals surface area contributed by atoms with Gasteiger partial charge in [-0.3, -0.25) is 9.79 Å². The molecule has 0 unspecified atom stereocenters. The number of hydrogen-bond acceptors (Lipinski definition) is 4. The summed E-state index contributed by atoms with van der Waals surface area (Å²) in [5, 5.41) is 3.08. The lowest BCUT2D eigenvalue weighted by atomic mass is 9.84. The molecule has 1 fully saturated rings. The lowest BCUT2D eigenvalue weighted by Gasteiger charge is -2.21. The molecule has 2 aliphatic rings. The topological polar surface area (TPSA) is 61.8 Å². The number of fused-ring (bicyclic) bond motifs is 1. The van der Waals surface area contributed by atoms with Crippen LogP contribution in [0.1, 0.15) is 48.0 Å². The van der Waals surface area contributed by atoms with Crippen LogP contribution in [0.25, 0.3) is 0 Å².